The fourth-order valence-corrected chi connectivity index (χ4v) is 2.54. The average Bonchev–Trinajstić information content (AvgIpc) is 3.46. The quantitative estimate of drug-likeness (QED) is 0.404. The van der Waals surface area contributed by atoms with E-state index >= 15 is 0 Å². The molecular weight excluding hydrogens is 340 g/mol. The molecule has 1 aliphatic rings. The third kappa shape index (κ3) is 5.57. The predicted octanol–water partition coefficient (Wildman–Crippen LogP) is 2.33. The first kappa shape index (κ1) is 18.9. The number of aryl methyl sites for hydroxylation is 1. The van der Waals surface area contributed by atoms with Gasteiger partial charge in [0.2, 0.25) is 0 Å². The van der Waals surface area contributed by atoms with E-state index in [9.17, 15) is 0 Å². The van der Waals surface area contributed by atoms with Crippen LogP contribution in [-0.2, 0) is 20.1 Å². The van der Waals surface area contributed by atoms with Crippen LogP contribution in [0, 0.1) is 12.8 Å². The zero-order valence-electron chi connectivity index (χ0n) is 16.1. The maximum atomic E-state index is 5.97. The van der Waals surface area contributed by atoms with Crippen LogP contribution in [0.25, 0.3) is 0 Å². The zero-order chi connectivity index (χ0) is 19.1. The van der Waals surface area contributed by atoms with Crippen LogP contribution in [-0.4, -0.2) is 33.9 Å². The summed E-state index contributed by atoms with van der Waals surface area (Å²) in [6, 6.07) is 8.09. The van der Waals surface area contributed by atoms with Crippen molar-refractivity contribution in [3.05, 3.63) is 54.1 Å². The number of ether oxygens (including phenoxy) is 1. The van der Waals surface area contributed by atoms with Gasteiger partial charge in [0.15, 0.2) is 11.8 Å². The van der Waals surface area contributed by atoms with Crippen LogP contribution >= 0.6 is 0 Å². The fourth-order valence-electron chi connectivity index (χ4n) is 2.54. The molecule has 7 nitrogen and oxygen atoms in total. The summed E-state index contributed by atoms with van der Waals surface area (Å²) in [5.41, 5.74) is 1.08. The smallest absolute Gasteiger partial charge is 0.192 e. The number of nitrogens with one attached hydrogen (secondary N) is 2. The van der Waals surface area contributed by atoms with Gasteiger partial charge in [-0.2, -0.15) is 0 Å². The summed E-state index contributed by atoms with van der Waals surface area (Å²) in [5, 5.41) is 14.8. The Labute approximate surface area is 160 Å². The van der Waals surface area contributed by atoms with Crippen molar-refractivity contribution in [3.63, 3.8) is 0 Å². The number of para-hydroxylation sites is 1. The standard InChI is InChI=1S/C20H28N6O/c1-4-11-21-20(23-13-19-25-24-15(2)26(19)3)22-12-17-7-5-6-8-18(17)27-14-16-9-10-16/h4-8,16H,1,9-14H2,2-3H3,(H2,21,22,23). The fraction of sp³-hybridized carbons (Fsp3) is 0.450. The van der Waals surface area contributed by atoms with Crippen LogP contribution in [0.2, 0.25) is 0 Å². The summed E-state index contributed by atoms with van der Waals surface area (Å²) in [6.45, 7) is 8.19. The van der Waals surface area contributed by atoms with Crippen molar-refractivity contribution in [2.24, 2.45) is 18.0 Å². The highest BCUT2D eigenvalue weighted by molar-refractivity contribution is 5.79. The maximum Gasteiger partial charge on any atom is 0.192 e. The molecule has 1 saturated carbocycles. The number of benzene rings is 1. The van der Waals surface area contributed by atoms with E-state index in [1.54, 1.807) is 6.08 Å². The first-order valence-corrected chi connectivity index (χ1v) is 9.36. The second kappa shape index (κ2) is 9.21. The Morgan fingerprint density at radius 3 is 2.85 bits per heavy atom. The van der Waals surface area contributed by atoms with Crippen molar-refractivity contribution in [2.45, 2.75) is 32.9 Å². The molecule has 0 saturated heterocycles. The Balaban J connectivity index is 1.64. The molecule has 3 rings (SSSR count). The number of guanidine groups is 1. The molecular formula is C20H28N6O. The molecule has 0 atom stereocenters. The number of nitrogens with zero attached hydrogens (tertiary/aromatic N) is 4. The third-order valence-corrected chi connectivity index (χ3v) is 4.56. The van der Waals surface area contributed by atoms with Gasteiger partial charge in [0.05, 0.1) is 19.7 Å². The van der Waals surface area contributed by atoms with Crippen LogP contribution in [0.1, 0.15) is 30.1 Å². The Bertz CT molecular complexity index is 794. The van der Waals surface area contributed by atoms with E-state index < -0.39 is 0 Å². The van der Waals surface area contributed by atoms with Gasteiger partial charge in [-0.15, -0.1) is 16.8 Å². The van der Waals surface area contributed by atoms with Gasteiger partial charge < -0.3 is 19.9 Å². The topological polar surface area (TPSA) is 76.4 Å². The van der Waals surface area contributed by atoms with E-state index in [0.29, 0.717) is 25.6 Å². The minimum Gasteiger partial charge on any atom is -0.493 e. The van der Waals surface area contributed by atoms with Gasteiger partial charge in [-0.1, -0.05) is 24.3 Å². The maximum absolute atomic E-state index is 5.97. The van der Waals surface area contributed by atoms with Crippen molar-refractivity contribution >= 4 is 5.96 Å². The molecule has 27 heavy (non-hydrogen) atoms. The van der Waals surface area contributed by atoms with Crippen molar-refractivity contribution in [1.82, 2.24) is 25.4 Å². The van der Waals surface area contributed by atoms with E-state index in [4.69, 9.17) is 9.73 Å². The van der Waals surface area contributed by atoms with Crippen molar-refractivity contribution in [2.75, 3.05) is 13.2 Å². The van der Waals surface area contributed by atoms with Gasteiger partial charge >= 0.3 is 0 Å². The molecule has 2 aromatic rings. The lowest BCUT2D eigenvalue weighted by Gasteiger charge is -2.13. The van der Waals surface area contributed by atoms with E-state index in [1.165, 1.54) is 12.8 Å². The van der Waals surface area contributed by atoms with Gasteiger partial charge in [0.25, 0.3) is 0 Å². The molecule has 1 heterocycles. The monoisotopic (exact) mass is 368 g/mol. The van der Waals surface area contributed by atoms with Gasteiger partial charge in [0, 0.05) is 19.2 Å². The summed E-state index contributed by atoms with van der Waals surface area (Å²) in [5.74, 6) is 4.08. The summed E-state index contributed by atoms with van der Waals surface area (Å²) in [6.07, 6.45) is 4.36. The van der Waals surface area contributed by atoms with Crippen LogP contribution < -0.4 is 15.4 Å². The highest BCUT2D eigenvalue weighted by Crippen LogP contribution is 2.30. The van der Waals surface area contributed by atoms with Crippen LogP contribution in [0.5, 0.6) is 5.75 Å². The molecule has 0 aliphatic heterocycles. The molecule has 7 heteroatoms. The second-order valence-corrected chi connectivity index (χ2v) is 6.77. The lowest BCUT2D eigenvalue weighted by atomic mass is 10.2. The molecule has 0 radical (unpaired) electrons. The summed E-state index contributed by atoms with van der Waals surface area (Å²) >= 11 is 0. The van der Waals surface area contributed by atoms with Crippen molar-refractivity contribution in [1.29, 1.82) is 0 Å². The van der Waals surface area contributed by atoms with Crippen LogP contribution in [0.4, 0.5) is 0 Å². The van der Waals surface area contributed by atoms with E-state index in [-0.39, 0.29) is 0 Å². The number of hydrogen-bond donors (Lipinski definition) is 2. The number of rotatable bonds is 9. The highest BCUT2D eigenvalue weighted by Gasteiger charge is 2.22. The Kier molecular flexibility index (Phi) is 6.46. The minimum absolute atomic E-state index is 0.533. The van der Waals surface area contributed by atoms with Gasteiger partial charge in [-0.3, -0.25) is 0 Å². The van der Waals surface area contributed by atoms with Crippen molar-refractivity contribution < 1.29 is 4.74 Å². The summed E-state index contributed by atoms with van der Waals surface area (Å²) in [7, 11) is 1.95. The molecule has 0 spiro atoms. The highest BCUT2D eigenvalue weighted by atomic mass is 16.5. The number of aliphatic imine (C=N–C) groups is 1. The van der Waals surface area contributed by atoms with E-state index in [0.717, 1.165) is 35.5 Å². The second-order valence-electron chi connectivity index (χ2n) is 6.77. The number of aromatic nitrogens is 3. The lowest BCUT2D eigenvalue weighted by Crippen LogP contribution is -2.37. The largest absolute Gasteiger partial charge is 0.493 e. The van der Waals surface area contributed by atoms with Gasteiger partial charge in [-0.25, -0.2) is 4.99 Å². The first-order valence-electron chi connectivity index (χ1n) is 9.36. The molecule has 1 fully saturated rings. The van der Waals surface area contributed by atoms with Crippen LogP contribution in [0.3, 0.4) is 0 Å². The third-order valence-electron chi connectivity index (χ3n) is 4.56. The minimum atomic E-state index is 0.533. The molecule has 0 amide bonds. The van der Waals surface area contributed by atoms with Gasteiger partial charge in [-0.05, 0) is 31.7 Å². The molecule has 144 valence electrons. The molecule has 1 aromatic carbocycles. The molecule has 0 unspecified atom stereocenters. The van der Waals surface area contributed by atoms with Crippen LogP contribution in [0.15, 0.2) is 41.9 Å². The molecule has 0 bridgehead atoms. The van der Waals surface area contributed by atoms with Gasteiger partial charge in [0.1, 0.15) is 11.6 Å². The first-order chi connectivity index (χ1) is 13.2. The SMILES string of the molecule is C=CCNC(=NCc1ccccc1OCC1CC1)NCc1nnc(C)n1C. The number of hydrogen-bond acceptors (Lipinski definition) is 4. The van der Waals surface area contributed by atoms with E-state index in [1.807, 2.05) is 36.7 Å². The van der Waals surface area contributed by atoms with Crippen molar-refractivity contribution in [3.8, 4) is 5.75 Å². The Morgan fingerprint density at radius 2 is 2.15 bits per heavy atom. The summed E-state index contributed by atoms with van der Waals surface area (Å²) < 4.78 is 7.93. The lowest BCUT2D eigenvalue weighted by molar-refractivity contribution is 0.297. The molecule has 1 aliphatic carbocycles. The van der Waals surface area contributed by atoms with E-state index in [2.05, 4.69) is 33.5 Å². The zero-order valence-corrected chi connectivity index (χ0v) is 16.1. The summed E-state index contributed by atoms with van der Waals surface area (Å²) in [4.78, 5) is 4.70. The Hall–Kier alpha value is -2.83. The predicted molar refractivity (Wildman–Crippen MR) is 107 cm³/mol. The molecule has 1 aromatic heterocycles. The normalized spacial score (nSPS) is 14.1. The molecule has 2 N–H and O–H groups in total. The Morgan fingerprint density at radius 1 is 1.33 bits per heavy atom. The average molecular weight is 368 g/mol.